The number of Topliss-reactive ketones (excluding diaryl/α,β-unsaturated/α-hetero) is 1. The Morgan fingerprint density at radius 3 is 2.47 bits per heavy atom. The number of allylic oxidation sites excluding steroid dienone is 1. The van der Waals surface area contributed by atoms with Gasteiger partial charge in [-0.05, 0) is 40.0 Å². The summed E-state index contributed by atoms with van der Waals surface area (Å²) < 4.78 is 16.7. The van der Waals surface area contributed by atoms with Crippen LogP contribution in [0.1, 0.15) is 60.8 Å². The molecule has 0 radical (unpaired) electrons. The summed E-state index contributed by atoms with van der Waals surface area (Å²) in [7, 11) is 0. The van der Waals surface area contributed by atoms with E-state index in [1.54, 1.807) is 40.7 Å². The molecule has 0 amide bonds. The molecule has 1 aliphatic carbocycles. The maximum absolute atomic E-state index is 13.3. The molecule has 0 aromatic heterocycles. The van der Waals surface area contributed by atoms with Crippen LogP contribution in [0.4, 0.5) is 0 Å². The molecule has 2 aliphatic rings. The number of carbonyl (C=O) groups is 4. The fourth-order valence-corrected chi connectivity index (χ4v) is 3.99. The number of fused-ring (bicyclic) bond motifs is 1. The van der Waals surface area contributed by atoms with Crippen LogP contribution in [0.25, 0.3) is 0 Å². The monoisotopic (exact) mass is 450 g/mol. The van der Waals surface area contributed by atoms with Crippen molar-refractivity contribution < 1.29 is 38.5 Å². The molecule has 0 unspecified atom stereocenters. The SMILES string of the molecule is C=C1C(=O)O[C@H]2[C@H]1[C@H](OC(=O)/C(C)=C\C)C(=O)[C@H](C)CCC[C@](C)(O)[C@@H]2OC(=O)C(C)C. The number of hydrogen-bond donors (Lipinski definition) is 1. The quantitative estimate of drug-likeness (QED) is 0.395. The van der Waals surface area contributed by atoms with Gasteiger partial charge in [0.2, 0.25) is 0 Å². The Kier molecular flexibility index (Phi) is 8.04. The third-order valence-electron chi connectivity index (χ3n) is 6.29. The average molecular weight is 451 g/mol. The van der Waals surface area contributed by atoms with E-state index in [-0.39, 0.29) is 17.8 Å². The highest BCUT2D eigenvalue weighted by Gasteiger charge is 2.57. The van der Waals surface area contributed by atoms with E-state index in [0.29, 0.717) is 18.4 Å². The molecule has 1 heterocycles. The Hall–Kier alpha value is -2.48. The first kappa shape index (κ1) is 25.8. The number of hydrogen-bond acceptors (Lipinski definition) is 8. The van der Waals surface area contributed by atoms with Gasteiger partial charge in [0.1, 0.15) is 5.60 Å². The Morgan fingerprint density at radius 1 is 1.28 bits per heavy atom. The normalized spacial score (nSPS) is 34.1. The first-order valence-corrected chi connectivity index (χ1v) is 11.0. The van der Waals surface area contributed by atoms with E-state index in [2.05, 4.69) is 6.58 Å². The number of rotatable bonds is 4. The predicted molar refractivity (Wildman–Crippen MR) is 115 cm³/mol. The molecule has 1 saturated heterocycles. The van der Waals surface area contributed by atoms with Crippen molar-refractivity contribution in [2.24, 2.45) is 17.8 Å². The summed E-state index contributed by atoms with van der Waals surface area (Å²) in [6.45, 7) is 13.5. The van der Waals surface area contributed by atoms with E-state index in [0.717, 1.165) is 0 Å². The van der Waals surface area contributed by atoms with Crippen LogP contribution in [-0.2, 0) is 33.4 Å². The van der Waals surface area contributed by atoms with Crippen molar-refractivity contribution in [3.63, 3.8) is 0 Å². The zero-order chi connectivity index (χ0) is 24.4. The summed E-state index contributed by atoms with van der Waals surface area (Å²) in [6, 6.07) is 0. The molecular formula is C24H34O8. The Bertz CT molecular complexity index is 822. The largest absolute Gasteiger partial charge is 0.455 e. The van der Waals surface area contributed by atoms with E-state index in [9.17, 15) is 24.3 Å². The van der Waals surface area contributed by atoms with Crippen molar-refractivity contribution in [1.82, 2.24) is 0 Å². The zero-order valence-electron chi connectivity index (χ0n) is 19.7. The number of ether oxygens (including phenoxy) is 3. The van der Waals surface area contributed by atoms with Crippen LogP contribution in [0.15, 0.2) is 23.8 Å². The molecular weight excluding hydrogens is 416 g/mol. The van der Waals surface area contributed by atoms with E-state index < -0.39 is 59.6 Å². The predicted octanol–water partition coefficient (Wildman–Crippen LogP) is 2.67. The molecule has 0 spiro atoms. The van der Waals surface area contributed by atoms with Crippen molar-refractivity contribution >= 4 is 23.7 Å². The summed E-state index contributed by atoms with van der Waals surface area (Å²) in [6.07, 6.45) is -1.22. The molecule has 32 heavy (non-hydrogen) atoms. The average Bonchev–Trinajstić information content (AvgIpc) is 3.01. The highest BCUT2D eigenvalue weighted by Crippen LogP contribution is 2.41. The molecule has 6 atom stereocenters. The van der Waals surface area contributed by atoms with Gasteiger partial charge in [0.25, 0.3) is 0 Å². The van der Waals surface area contributed by atoms with Crippen molar-refractivity contribution in [2.75, 3.05) is 0 Å². The number of aliphatic hydroxyl groups is 1. The van der Waals surface area contributed by atoms with E-state index in [4.69, 9.17) is 14.2 Å². The van der Waals surface area contributed by atoms with Crippen LogP contribution >= 0.6 is 0 Å². The fourth-order valence-electron chi connectivity index (χ4n) is 3.99. The molecule has 1 aliphatic heterocycles. The number of esters is 3. The van der Waals surface area contributed by atoms with E-state index >= 15 is 0 Å². The van der Waals surface area contributed by atoms with Gasteiger partial charge in [-0.3, -0.25) is 9.59 Å². The summed E-state index contributed by atoms with van der Waals surface area (Å²) >= 11 is 0. The smallest absolute Gasteiger partial charge is 0.334 e. The van der Waals surface area contributed by atoms with Gasteiger partial charge in [0.05, 0.1) is 11.8 Å². The van der Waals surface area contributed by atoms with Gasteiger partial charge < -0.3 is 19.3 Å². The molecule has 0 bridgehead atoms. The van der Waals surface area contributed by atoms with Crippen LogP contribution in [0.2, 0.25) is 0 Å². The van der Waals surface area contributed by atoms with Gasteiger partial charge >= 0.3 is 17.9 Å². The van der Waals surface area contributed by atoms with Crippen molar-refractivity contribution in [3.8, 4) is 0 Å². The topological polar surface area (TPSA) is 116 Å². The summed E-state index contributed by atoms with van der Waals surface area (Å²) in [5.41, 5.74) is -1.31. The fraction of sp³-hybridized carbons (Fsp3) is 0.667. The van der Waals surface area contributed by atoms with Crippen LogP contribution in [0.3, 0.4) is 0 Å². The maximum atomic E-state index is 13.3. The minimum absolute atomic E-state index is 0.0616. The molecule has 1 N–H and O–H groups in total. The molecule has 2 fully saturated rings. The van der Waals surface area contributed by atoms with Gasteiger partial charge in [-0.15, -0.1) is 0 Å². The zero-order valence-corrected chi connectivity index (χ0v) is 19.7. The third-order valence-corrected chi connectivity index (χ3v) is 6.29. The van der Waals surface area contributed by atoms with Crippen molar-refractivity contribution in [1.29, 1.82) is 0 Å². The first-order chi connectivity index (χ1) is 14.8. The second-order valence-electron chi connectivity index (χ2n) is 9.28. The van der Waals surface area contributed by atoms with E-state index in [1.165, 1.54) is 6.92 Å². The molecule has 0 aromatic carbocycles. The second-order valence-corrected chi connectivity index (χ2v) is 9.28. The summed E-state index contributed by atoms with van der Waals surface area (Å²) in [5, 5.41) is 11.3. The van der Waals surface area contributed by atoms with Crippen LogP contribution in [0, 0.1) is 17.8 Å². The molecule has 8 nitrogen and oxygen atoms in total. The molecule has 2 rings (SSSR count). The lowest BCUT2D eigenvalue weighted by Gasteiger charge is -2.40. The van der Waals surface area contributed by atoms with Crippen LogP contribution in [0.5, 0.6) is 0 Å². The first-order valence-electron chi connectivity index (χ1n) is 11.0. The van der Waals surface area contributed by atoms with Crippen LogP contribution < -0.4 is 0 Å². The van der Waals surface area contributed by atoms with Gasteiger partial charge in [-0.2, -0.15) is 0 Å². The number of carbonyl (C=O) groups excluding carboxylic acids is 4. The molecule has 8 heteroatoms. The van der Waals surface area contributed by atoms with Crippen molar-refractivity contribution in [2.45, 2.75) is 84.7 Å². The second kappa shape index (κ2) is 9.98. The molecule has 0 aromatic rings. The minimum Gasteiger partial charge on any atom is -0.455 e. The van der Waals surface area contributed by atoms with Gasteiger partial charge in [-0.1, -0.05) is 33.4 Å². The summed E-state index contributed by atoms with van der Waals surface area (Å²) in [4.78, 5) is 50.9. The Balaban J connectivity index is 2.60. The van der Waals surface area contributed by atoms with Crippen LogP contribution in [-0.4, -0.2) is 52.7 Å². The van der Waals surface area contributed by atoms with Gasteiger partial charge in [-0.25, -0.2) is 9.59 Å². The highest BCUT2D eigenvalue weighted by atomic mass is 16.6. The minimum atomic E-state index is -1.55. The third kappa shape index (κ3) is 5.28. The van der Waals surface area contributed by atoms with Gasteiger partial charge in [0.15, 0.2) is 24.1 Å². The lowest BCUT2D eigenvalue weighted by atomic mass is 9.76. The molecule has 1 saturated carbocycles. The Morgan fingerprint density at radius 2 is 1.91 bits per heavy atom. The Labute approximate surface area is 189 Å². The number of ketones is 1. The van der Waals surface area contributed by atoms with Gasteiger partial charge in [0, 0.05) is 17.1 Å². The van der Waals surface area contributed by atoms with E-state index in [1.807, 2.05) is 0 Å². The maximum Gasteiger partial charge on any atom is 0.334 e. The van der Waals surface area contributed by atoms with Crippen molar-refractivity contribution in [3.05, 3.63) is 23.8 Å². The lowest BCUT2D eigenvalue weighted by Crippen LogP contribution is -2.55. The summed E-state index contributed by atoms with van der Waals surface area (Å²) in [5.74, 6) is -4.53. The standard InChI is InChI=1S/C24H34O8/c1-8-13(4)22(27)30-18-16-15(6)23(28)31-19(16)20(32-21(26)12(2)3)24(7,29)11-9-10-14(5)17(18)25/h8,12,14,16,18-20,29H,6,9-11H2,1-5,7H3/b13-8-/t14-,16-,18+,19+,20-,24+/m1/s1. The molecule has 178 valence electrons. The highest BCUT2D eigenvalue weighted by molar-refractivity contribution is 5.96. The lowest BCUT2D eigenvalue weighted by molar-refractivity contribution is -0.195.